The Labute approximate surface area is 195 Å². The van der Waals surface area contributed by atoms with Crippen LogP contribution in [0.15, 0.2) is 47.4 Å². The molecule has 0 saturated carbocycles. The van der Waals surface area contributed by atoms with E-state index < -0.39 is 22.1 Å². The molecule has 2 aromatic rings. The lowest BCUT2D eigenvalue weighted by Crippen LogP contribution is -2.42. The van der Waals surface area contributed by atoms with Crippen molar-refractivity contribution in [2.45, 2.75) is 57.0 Å². The molecule has 0 N–H and O–H groups in total. The Balaban J connectivity index is 1.51. The first-order valence-electron chi connectivity index (χ1n) is 11.5. The lowest BCUT2D eigenvalue weighted by molar-refractivity contribution is -0.126. The predicted molar refractivity (Wildman–Crippen MR) is 126 cm³/mol. The van der Waals surface area contributed by atoms with Crippen LogP contribution < -0.4 is 4.90 Å². The minimum atomic E-state index is -3.69. The molecule has 8 heteroatoms. The molecule has 0 spiro atoms. The molecule has 2 aliphatic rings. The zero-order valence-corrected chi connectivity index (χ0v) is 19.9. The highest BCUT2D eigenvalue weighted by molar-refractivity contribution is 7.89. The molecule has 0 aliphatic carbocycles. The number of aryl methyl sites for hydroxylation is 2. The van der Waals surface area contributed by atoms with Gasteiger partial charge in [-0.2, -0.15) is 4.31 Å². The van der Waals surface area contributed by atoms with Crippen molar-refractivity contribution in [2.75, 3.05) is 24.5 Å². The lowest BCUT2D eigenvalue weighted by Gasteiger charge is -2.31. The molecule has 1 atom stereocenters. The summed E-state index contributed by atoms with van der Waals surface area (Å²) in [5.41, 5.74) is 2.64. The van der Waals surface area contributed by atoms with Crippen molar-refractivity contribution in [1.82, 2.24) is 4.31 Å². The van der Waals surface area contributed by atoms with E-state index in [9.17, 15) is 18.0 Å². The number of fused-ring (bicyclic) bond motifs is 1. The minimum absolute atomic E-state index is 0.114. The van der Waals surface area contributed by atoms with Gasteiger partial charge in [-0.15, -0.1) is 0 Å². The molecule has 0 bridgehead atoms. The van der Waals surface area contributed by atoms with Gasteiger partial charge in [-0.05, 0) is 68.9 Å². The topological polar surface area (TPSA) is 84.0 Å². The van der Waals surface area contributed by atoms with Crippen molar-refractivity contribution in [3.05, 3.63) is 59.2 Å². The number of hydrogen-bond acceptors (Lipinski definition) is 5. The number of carbonyl (C=O) groups is 2. The maximum atomic E-state index is 13.1. The molecule has 4 rings (SSSR count). The van der Waals surface area contributed by atoms with Gasteiger partial charge in [0, 0.05) is 25.3 Å². The summed E-state index contributed by atoms with van der Waals surface area (Å²) in [6.45, 7) is 4.81. The number of sulfonamides is 1. The average Bonchev–Trinajstić information content (AvgIpc) is 2.83. The van der Waals surface area contributed by atoms with Gasteiger partial charge >= 0.3 is 5.97 Å². The summed E-state index contributed by atoms with van der Waals surface area (Å²) in [6, 6.07) is 12.3. The van der Waals surface area contributed by atoms with E-state index in [1.54, 1.807) is 30.9 Å². The first-order chi connectivity index (χ1) is 15.8. The minimum Gasteiger partial charge on any atom is -0.449 e. The molecular weight excluding hydrogens is 440 g/mol. The maximum Gasteiger partial charge on any atom is 0.338 e. The van der Waals surface area contributed by atoms with Crippen LogP contribution in [0.25, 0.3) is 0 Å². The average molecular weight is 471 g/mol. The van der Waals surface area contributed by atoms with Gasteiger partial charge in [0.25, 0.3) is 5.91 Å². The van der Waals surface area contributed by atoms with Crippen molar-refractivity contribution in [3.8, 4) is 0 Å². The van der Waals surface area contributed by atoms with Crippen molar-refractivity contribution in [1.29, 1.82) is 0 Å². The van der Waals surface area contributed by atoms with E-state index in [-0.39, 0.29) is 16.4 Å². The maximum absolute atomic E-state index is 13.1. The zero-order chi connectivity index (χ0) is 23.6. The summed E-state index contributed by atoms with van der Waals surface area (Å²) in [7, 11) is -3.69. The number of hydrogen-bond donors (Lipinski definition) is 0. The van der Waals surface area contributed by atoms with E-state index >= 15 is 0 Å². The van der Waals surface area contributed by atoms with E-state index in [0.29, 0.717) is 25.2 Å². The highest BCUT2D eigenvalue weighted by Crippen LogP contribution is 2.28. The van der Waals surface area contributed by atoms with Crippen LogP contribution in [0.3, 0.4) is 0 Å². The molecule has 1 fully saturated rings. The van der Waals surface area contributed by atoms with Gasteiger partial charge in [0.05, 0.1) is 10.5 Å². The van der Waals surface area contributed by atoms with Crippen LogP contribution in [0.4, 0.5) is 5.69 Å². The second kappa shape index (κ2) is 9.65. The highest BCUT2D eigenvalue weighted by atomic mass is 32.2. The summed E-state index contributed by atoms with van der Waals surface area (Å²) in [6.07, 6.45) is 3.45. The van der Waals surface area contributed by atoms with Gasteiger partial charge in [0.1, 0.15) is 0 Å². The fraction of sp³-hybridized carbons (Fsp3) is 0.440. The van der Waals surface area contributed by atoms with Crippen LogP contribution in [0.2, 0.25) is 0 Å². The molecule has 2 heterocycles. The van der Waals surface area contributed by atoms with Crippen molar-refractivity contribution < 1.29 is 22.7 Å². The Morgan fingerprint density at radius 2 is 1.70 bits per heavy atom. The van der Waals surface area contributed by atoms with E-state index in [1.807, 2.05) is 24.3 Å². The number of piperidine rings is 1. The van der Waals surface area contributed by atoms with E-state index in [0.717, 1.165) is 43.4 Å². The standard InChI is InChI=1S/C25H30N2O5S/c1-18-12-13-21(17-23(18)33(30,31)26-14-6-3-7-15-26)25(29)32-19(2)24(28)27-16-8-10-20-9-4-5-11-22(20)27/h4-5,9,11-13,17,19H,3,6-8,10,14-16H2,1-2H3. The molecular formula is C25H30N2O5S. The lowest BCUT2D eigenvalue weighted by atomic mass is 10.0. The third-order valence-corrected chi connectivity index (χ3v) is 8.41. The van der Waals surface area contributed by atoms with Crippen LogP contribution in [0.1, 0.15) is 54.1 Å². The molecule has 1 amide bonds. The normalized spacial score (nSPS) is 17.8. The van der Waals surface area contributed by atoms with Crippen LogP contribution >= 0.6 is 0 Å². The molecule has 2 aliphatic heterocycles. The number of amides is 1. The van der Waals surface area contributed by atoms with Crippen molar-refractivity contribution in [2.24, 2.45) is 0 Å². The monoisotopic (exact) mass is 470 g/mol. The zero-order valence-electron chi connectivity index (χ0n) is 19.1. The Morgan fingerprint density at radius 1 is 0.970 bits per heavy atom. The van der Waals surface area contributed by atoms with Crippen LogP contribution in [0, 0.1) is 6.92 Å². The second-order valence-electron chi connectivity index (χ2n) is 8.71. The Kier molecular flexibility index (Phi) is 6.86. The summed E-state index contributed by atoms with van der Waals surface area (Å²) in [4.78, 5) is 27.7. The molecule has 2 aromatic carbocycles. The molecule has 0 radical (unpaired) electrons. The van der Waals surface area contributed by atoms with Crippen molar-refractivity contribution in [3.63, 3.8) is 0 Å². The first kappa shape index (κ1) is 23.4. The fourth-order valence-electron chi connectivity index (χ4n) is 4.51. The molecule has 7 nitrogen and oxygen atoms in total. The number of carbonyl (C=O) groups excluding carboxylic acids is 2. The van der Waals surface area contributed by atoms with Crippen molar-refractivity contribution >= 4 is 27.6 Å². The van der Waals surface area contributed by atoms with Crippen LogP contribution in [-0.2, 0) is 26.0 Å². The third-order valence-electron chi connectivity index (χ3n) is 6.36. The molecule has 1 unspecified atom stereocenters. The smallest absolute Gasteiger partial charge is 0.338 e. The number of rotatable bonds is 5. The summed E-state index contributed by atoms with van der Waals surface area (Å²) in [5, 5.41) is 0. The highest BCUT2D eigenvalue weighted by Gasteiger charge is 2.31. The number of anilines is 1. The van der Waals surface area contributed by atoms with Crippen LogP contribution in [-0.4, -0.2) is 50.3 Å². The van der Waals surface area contributed by atoms with Crippen LogP contribution in [0.5, 0.6) is 0 Å². The summed E-state index contributed by atoms with van der Waals surface area (Å²) in [5.74, 6) is -1.000. The Hall–Kier alpha value is -2.71. The number of para-hydroxylation sites is 1. The fourth-order valence-corrected chi connectivity index (χ4v) is 6.28. The second-order valence-corrected chi connectivity index (χ2v) is 10.6. The number of esters is 1. The van der Waals surface area contributed by atoms with Gasteiger partial charge < -0.3 is 9.64 Å². The predicted octanol–water partition coefficient (Wildman–Crippen LogP) is 3.69. The number of nitrogens with zero attached hydrogens (tertiary/aromatic N) is 2. The van der Waals surface area contributed by atoms with Gasteiger partial charge in [0.2, 0.25) is 10.0 Å². The van der Waals surface area contributed by atoms with Gasteiger partial charge in [-0.3, -0.25) is 4.79 Å². The number of benzene rings is 2. The largest absolute Gasteiger partial charge is 0.449 e. The van der Waals surface area contributed by atoms with Gasteiger partial charge in [-0.1, -0.05) is 30.7 Å². The summed E-state index contributed by atoms with van der Waals surface area (Å²) < 4.78 is 33.3. The Morgan fingerprint density at radius 3 is 2.45 bits per heavy atom. The molecule has 1 saturated heterocycles. The van der Waals surface area contributed by atoms with Gasteiger partial charge in [0.15, 0.2) is 6.10 Å². The molecule has 0 aromatic heterocycles. The third kappa shape index (κ3) is 4.82. The quantitative estimate of drug-likeness (QED) is 0.623. The Bertz CT molecular complexity index is 1160. The first-order valence-corrected chi connectivity index (χ1v) is 12.9. The SMILES string of the molecule is Cc1ccc(C(=O)OC(C)C(=O)N2CCCc3ccccc32)cc1S(=O)(=O)N1CCCCC1. The van der Waals surface area contributed by atoms with E-state index in [2.05, 4.69) is 0 Å². The number of ether oxygens (including phenoxy) is 1. The van der Waals surface area contributed by atoms with E-state index in [4.69, 9.17) is 4.74 Å². The van der Waals surface area contributed by atoms with Gasteiger partial charge in [-0.25, -0.2) is 13.2 Å². The van der Waals surface area contributed by atoms with E-state index in [1.165, 1.54) is 10.4 Å². The molecule has 176 valence electrons. The summed E-state index contributed by atoms with van der Waals surface area (Å²) >= 11 is 0. The molecule has 33 heavy (non-hydrogen) atoms.